The highest BCUT2D eigenvalue weighted by molar-refractivity contribution is 7.86. The zero-order valence-corrected chi connectivity index (χ0v) is 12.4. The quantitative estimate of drug-likeness (QED) is 0.627. The summed E-state index contributed by atoms with van der Waals surface area (Å²) in [5.74, 6) is -0.205. The highest BCUT2D eigenvalue weighted by Gasteiger charge is 2.31. The van der Waals surface area contributed by atoms with Gasteiger partial charge in [-0.05, 0) is 0 Å². The van der Waals surface area contributed by atoms with Gasteiger partial charge >= 0.3 is 0 Å². The molecule has 0 aromatic carbocycles. The lowest BCUT2D eigenvalue weighted by molar-refractivity contribution is -0.134. The molecule has 1 atom stereocenters. The molecule has 8 nitrogen and oxygen atoms in total. The Bertz CT molecular complexity index is 404. The summed E-state index contributed by atoms with van der Waals surface area (Å²) >= 11 is 0. The standard InChI is InChI=1S/C10H22N4O4S/c1-12(2)19(16,17)14-6-4-13(5-7-14)10(15)9(11)8-18-3/h9H,4-8,11H2,1-3H3. The molecule has 1 unspecified atom stereocenters. The van der Waals surface area contributed by atoms with Gasteiger partial charge in [0.2, 0.25) is 5.91 Å². The van der Waals surface area contributed by atoms with Crippen molar-refractivity contribution in [2.24, 2.45) is 5.73 Å². The molecular weight excluding hydrogens is 272 g/mol. The van der Waals surface area contributed by atoms with E-state index in [1.165, 1.54) is 29.8 Å². The van der Waals surface area contributed by atoms with E-state index in [-0.39, 0.29) is 25.6 Å². The number of carbonyl (C=O) groups excluding carboxylic acids is 1. The van der Waals surface area contributed by atoms with Crippen LogP contribution in [0.1, 0.15) is 0 Å². The van der Waals surface area contributed by atoms with Gasteiger partial charge in [0, 0.05) is 47.4 Å². The molecule has 1 aliphatic rings. The third-order valence-electron chi connectivity index (χ3n) is 3.00. The van der Waals surface area contributed by atoms with Gasteiger partial charge in [0.25, 0.3) is 10.2 Å². The van der Waals surface area contributed by atoms with Crippen LogP contribution in [0.4, 0.5) is 0 Å². The normalized spacial score (nSPS) is 19.7. The summed E-state index contributed by atoms with van der Waals surface area (Å²) in [5.41, 5.74) is 5.67. The number of hydrogen-bond acceptors (Lipinski definition) is 5. The number of hydrogen-bond donors (Lipinski definition) is 1. The molecule has 9 heteroatoms. The van der Waals surface area contributed by atoms with Crippen molar-refractivity contribution in [3.05, 3.63) is 0 Å². The zero-order valence-electron chi connectivity index (χ0n) is 11.6. The molecule has 0 aliphatic carbocycles. The SMILES string of the molecule is COCC(N)C(=O)N1CCN(S(=O)(=O)N(C)C)CC1. The average Bonchev–Trinajstić information content (AvgIpc) is 2.38. The van der Waals surface area contributed by atoms with Crippen molar-refractivity contribution >= 4 is 16.1 Å². The Kier molecular flexibility index (Phi) is 5.68. The number of piperazine rings is 1. The van der Waals surface area contributed by atoms with Crippen molar-refractivity contribution in [1.29, 1.82) is 0 Å². The van der Waals surface area contributed by atoms with Crippen molar-refractivity contribution in [2.75, 3.05) is 54.0 Å². The van der Waals surface area contributed by atoms with Gasteiger partial charge in [-0.1, -0.05) is 0 Å². The Morgan fingerprint density at radius 2 is 1.84 bits per heavy atom. The van der Waals surface area contributed by atoms with Gasteiger partial charge in [-0.15, -0.1) is 0 Å². The number of nitrogens with zero attached hydrogens (tertiary/aromatic N) is 3. The Labute approximate surface area is 114 Å². The lowest BCUT2D eigenvalue weighted by Crippen LogP contribution is -2.56. The highest BCUT2D eigenvalue weighted by atomic mass is 32.2. The van der Waals surface area contributed by atoms with E-state index in [2.05, 4.69) is 0 Å². The Hall–Kier alpha value is -0.740. The van der Waals surface area contributed by atoms with Crippen LogP contribution in [0.25, 0.3) is 0 Å². The highest BCUT2D eigenvalue weighted by Crippen LogP contribution is 2.10. The predicted octanol–water partition coefficient (Wildman–Crippen LogP) is -2.09. The van der Waals surface area contributed by atoms with Gasteiger partial charge in [-0.25, -0.2) is 0 Å². The summed E-state index contributed by atoms with van der Waals surface area (Å²) < 4.78 is 31.2. The number of methoxy groups -OCH3 is 1. The molecule has 1 heterocycles. The Balaban J connectivity index is 2.56. The first-order valence-corrected chi connectivity index (χ1v) is 7.41. The second-order valence-corrected chi connectivity index (χ2v) is 6.72. The lowest BCUT2D eigenvalue weighted by Gasteiger charge is -2.36. The van der Waals surface area contributed by atoms with E-state index in [1.54, 1.807) is 4.90 Å². The average molecular weight is 294 g/mol. The number of rotatable bonds is 5. The third kappa shape index (κ3) is 3.86. The molecule has 1 amide bonds. The van der Waals surface area contributed by atoms with E-state index in [9.17, 15) is 13.2 Å². The van der Waals surface area contributed by atoms with E-state index >= 15 is 0 Å². The number of nitrogens with two attached hydrogens (primary N) is 1. The van der Waals surface area contributed by atoms with Crippen LogP contribution in [0.2, 0.25) is 0 Å². The minimum atomic E-state index is -3.41. The Morgan fingerprint density at radius 3 is 2.26 bits per heavy atom. The largest absolute Gasteiger partial charge is 0.383 e. The molecule has 1 fully saturated rings. The van der Waals surface area contributed by atoms with Crippen LogP contribution in [0.3, 0.4) is 0 Å². The van der Waals surface area contributed by atoms with Crippen molar-refractivity contribution in [1.82, 2.24) is 13.5 Å². The summed E-state index contributed by atoms with van der Waals surface area (Å²) in [7, 11) is 1.05. The van der Waals surface area contributed by atoms with Crippen LogP contribution in [-0.4, -0.2) is 87.9 Å². The van der Waals surface area contributed by atoms with Gasteiger partial charge in [-0.3, -0.25) is 4.79 Å². The molecule has 1 rings (SSSR count). The zero-order chi connectivity index (χ0) is 14.6. The molecule has 0 aromatic rings. The minimum Gasteiger partial charge on any atom is -0.383 e. The first-order chi connectivity index (χ1) is 8.80. The number of amides is 1. The van der Waals surface area contributed by atoms with Crippen LogP contribution in [0.5, 0.6) is 0 Å². The molecule has 2 N–H and O–H groups in total. The van der Waals surface area contributed by atoms with Crippen LogP contribution in [0.15, 0.2) is 0 Å². The van der Waals surface area contributed by atoms with E-state index in [1.807, 2.05) is 0 Å². The van der Waals surface area contributed by atoms with Gasteiger partial charge < -0.3 is 15.4 Å². The van der Waals surface area contributed by atoms with E-state index in [0.717, 1.165) is 0 Å². The first-order valence-electron chi connectivity index (χ1n) is 6.01. The van der Waals surface area contributed by atoms with E-state index in [0.29, 0.717) is 13.1 Å². The van der Waals surface area contributed by atoms with E-state index < -0.39 is 16.3 Å². The van der Waals surface area contributed by atoms with Gasteiger partial charge in [0.15, 0.2) is 0 Å². The maximum atomic E-state index is 11.9. The number of carbonyl (C=O) groups is 1. The molecular formula is C10H22N4O4S. The van der Waals surface area contributed by atoms with Crippen LogP contribution >= 0.6 is 0 Å². The van der Waals surface area contributed by atoms with Crippen LogP contribution < -0.4 is 5.73 Å². The molecule has 0 spiro atoms. The van der Waals surface area contributed by atoms with Crippen molar-refractivity contribution in [3.8, 4) is 0 Å². The minimum absolute atomic E-state index is 0.162. The molecule has 0 bridgehead atoms. The van der Waals surface area contributed by atoms with Crippen LogP contribution in [0, 0.1) is 0 Å². The smallest absolute Gasteiger partial charge is 0.281 e. The fourth-order valence-electron chi connectivity index (χ4n) is 1.86. The monoisotopic (exact) mass is 294 g/mol. The first kappa shape index (κ1) is 16.3. The van der Waals surface area contributed by atoms with Crippen LogP contribution in [-0.2, 0) is 19.7 Å². The molecule has 112 valence electrons. The summed E-state index contributed by atoms with van der Waals surface area (Å²) in [6.07, 6.45) is 0. The van der Waals surface area contributed by atoms with Gasteiger partial charge in [0.05, 0.1) is 6.61 Å². The second kappa shape index (κ2) is 6.62. The fourth-order valence-corrected chi connectivity index (χ4v) is 2.94. The van der Waals surface area contributed by atoms with Gasteiger partial charge in [0.1, 0.15) is 6.04 Å². The molecule has 0 saturated carbocycles. The number of ether oxygens (including phenoxy) is 1. The maximum Gasteiger partial charge on any atom is 0.281 e. The topological polar surface area (TPSA) is 96.2 Å². The summed E-state index contributed by atoms with van der Waals surface area (Å²) in [6.45, 7) is 1.43. The lowest BCUT2D eigenvalue weighted by atomic mass is 10.2. The maximum absolute atomic E-state index is 11.9. The summed E-state index contributed by atoms with van der Waals surface area (Å²) in [6, 6.07) is -0.693. The van der Waals surface area contributed by atoms with Crippen molar-refractivity contribution in [2.45, 2.75) is 6.04 Å². The van der Waals surface area contributed by atoms with Crippen molar-refractivity contribution in [3.63, 3.8) is 0 Å². The van der Waals surface area contributed by atoms with E-state index in [4.69, 9.17) is 10.5 Å². The fraction of sp³-hybridized carbons (Fsp3) is 0.900. The molecule has 0 radical (unpaired) electrons. The second-order valence-electron chi connectivity index (χ2n) is 4.58. The molecule has 0 aromatic heterocycles. The van der Waals surface area contributed by atoms with Crippen molar-refractivity contribution < 1.29 is 17.9 Å². The third-order valence-corrected chi connectivity index (χ3v) is 4.94. The summed E-state index contributed by atoms with van der Waals surface area (Å²) in [4.78, 5) is 13.5. The van der Waals surface area contributed by atoms with Gasteiger partial charge in [-0.2, -0.15) is 17.0 Å². The summed E-state index contributed by atoms with van der Waals surface area (Å²) in [5, 5.41) is 0. The molecule has 19 heavy (non-hydrogen) atoms. The Morgan fingerprint density at radius 1 is 1.32 bits per heavy atom. The predicted molar refractivity (Wildman–Crippen MR) is 70.6 cm³/mol. The molecule has 1 aliphatic heterocycles. The molecule has 1 saturated heterocycles.